The van der Waals surface area contributed by atoms with Gasteiger partial charge in [-0.15, -0.1) is 0 Å². The minimum absolute atomic E-state index is 0.125. The molecule has 0 fully saturated rings. The van der Waals surface area contributed by atoms with E-state index < -0.39 is 11.8 Å². The summed E-state index contributed by atoms with van der Waals surface area (Å²) in [5.74, 6) is -0.133. The van der Waals surface area contributed by atoms with Crippen molar-refractivity contribution in [2.45, 2.75) is 0 Å². The highest BCUT2D eigenvalue weighted by Crippen LogP contribution is 2.32. The predicted octanol–water partition coefficient (Wildman–Crippen LogP) is 1.92. The second-order valence-corrected chi connectivity index (χ2v) is 4.81. The largest absolute Gasteiger partial charge is 0.454 e. The molecule has 2 aromatic rings. The molecule has 1 aliphatic heterocycles. The first-order valence-electron chi connectivity index (χ1n) is 6.85. The molecule has 2 amide bonds. The van der Waals surface area contributed by atoms with Gasteiger partial charge in [0.15, 0.2) is 11.5 Å². The van der Waals surface area contributed by atoms with Crippen LogP contribution < -0.4 is 20.1 Å². The van der Waals surface area contributed by atoms with Crippen molar-refractivity contribution >= 4 is 17.5 Å². The van der Waals surface area contributed by atoms with Crippen molar-refractivity contribution < 1.29 is 23.5 Å². The summed E-state index contributed by atoms with van der Waals surface area (Å²) in [6, 6.07) is 10.1. The summed E-state index contributed by atoms with van der Waals surface area (Å²) in [6.07, 6.45) is 0. The molecule has 3 rings (SSSR count). The van der Waals surface area contributed by atoms with Gasteiger partial charge in [0.2, 0.25) is 12.7 Å². The molecule has 0 aliphatic carbocycles. The summed E-state index contributed by atoms with van der Waals surface area (Å²) >= 11 is 0. The number of benzene rings is 2. The lowest BCUT2D eigenvalue weighted by molar-refractivity contribution is -0.115. The van der Waals surface area contributed by atoms with E-state index in [0.29, 0.717) is 22.7 Å². The fraction of sp³-hybridized carbons (Fsp3) is 0.125. The number of anilines is 1. The number of hydrogen-bond donors (Lipinski definition) is 2. The Morgan fingerprint density at radius 1 is 1.04 bits per heavy atom. The van der Waals surface area contributed by atoms with Gasteiger partial charge < -0.3 is 20.1 Å². The number of ether oxygens (including phenoxy) is 2. The second kappa shape index (κ2) is 6.35. The van der Waals surface area contributed by atoms with Crippen LogP contribution in [0.3, 0.4) is 0 Å². The summed E-state index contributed by atoms with van der Waals surface area (Å²) < 4.78 is 23.1. The lowest BCUT2D eigenvalue weighted by Gasteiger charge is -2.07. The highest BCUT2D eigenvalue weighted by molar-refractivity contribution is 5.99. The summed E-state index contributed by atoms with van der Waals surface area (Å²) in [4.78, 5) is 23.8. The number of nitrogens with one attached hydrogen (secondary N) is 2. The van der Waals surface area contributed by atoms with Crippen molar-refractivity contribution in [3.05, 3.63) is 53.8 Å². The molecule has 0 bridgehead atoms. The third kappa shape index (κ3) is 3.57. The topological polar surface area (TPSA) is 76.7 Å². The summed E-state index contributed by atoms with van der Waals surface area (Å²) in [7, 11) is 0. The van der Waals surface area contributed by atoms with E-state index in [1.54, 1.807) is 18.2 Å². The molecule has 0 saturated carbocycles. The average Bonchev–Trinajstić information content (AvgIpc) is 3.02. The van der Waals surface area contributed by atoms with Crippen LogP contribution in [0.5, 0.6) is 11.5 Å². The van der Waals surface area contributed by atoms with E-state index in [1.807, 2.05) is 0 Å². The van der Waals surface area contributed by atoms with Gasteiger partial charge in [-0.05, 0) is 42.5 Å². The van der Waals surface area contributed by atoms with Gasteiger partial charge in [0.05, 0.1) is 6.54 Å². The Balaban J connectivity index is 1.54. The van der Waals surface area contributed by atoms with Gasteiger partial charge in [0.25, 0.3) is 5.91 Å². The van der Waals surface area contributed by atoms with E-state index in [9.17, 15) is 14.0 Å². The molecular formula is C16H13FN2O4. The molecule has 7 heteroatoms. The van der Waals surface area contributed by atoms with Gasteiger partial charge >= 0.3 is 0 Å². The zero-order chi connectivity index (χ0) is 16.2. The normalized spacial score (nSPS) is 11.9. The number of rotatable bonds is 4. The third-order valence-electron chi connectivity index (χ3n) is 3.17. The number of fused-ring (bicyclic) bond motifs is 1. The van der Waals surface area contributed by atoms with Crippen molar-refractivity contribution in [3.8, 4) is 11.5 Å². The molecule has 23 heavy (non-hydrogen) atoms. The Morgan fingerprint density at radius 3 is 2.57 bits per heavy atom. The molecule has 1 aliphatic rings. The fourth-order valence-corrected chi connectivity index (χ4v) is 2.04. The number of carbonyl (C=O) groups is 2. The minimum Gasteiger partial charge on any atom is -0.454 e. The van der Waals surface area contributed by atoms with E-state index in [-0.39, 0.29) is 19.2 Å². The first-order chi connectivity index (χ1) is 11.1. The molecule has 0 radical (unpaired) electrons. The van der Waals surface area contributed by atoms with E-state index in [4.69, 9.17) is 9.47 Å². The number of carbonyl (C=O) groups excluding carboxylic acids is 2. The van der Waals surface area contributed by atoms with Gasteiger partial charge in [0, 0.05) is 11.3 Å². The second-order valence-electron chi connectivity index (χ2n) is 4.81. The molecule has 0 unspecified atom stereocenters. The maximum absolute atomic E-state index is 12.8. The average molecular weight is 316 g/mol. The van der Waals surface area contributed by atoms with Crippen molar-refractivity contribution in [1.29, 1.82) is 0 Å². The standard InChI is InChI=1S/C16H13FN2O4/c17-11-2-4-12(5-3-11)19-15(20)8-18-16(21)10-1-6-13-14(7-10)23-9-22-13/h1-7H,8-9H2,(H,18,21)(H,19,20). The van der Waals surface area contributed by atoms with E-state index in [1.165, 1.54) is 24.3 Å². The van der Waals surface area contributed by atoms with Crippen molar-refractivity contribution in [1.82, 2.24) is 5.32 Å². The molecular weight excluding hydrogens is 303 g/mol. The SMILES string of the molecule is O=C(CNC(=O)c1ccc2c(c1)OCO2)Nc1ccc(F)cc1. The molecule has 2 aromatic carbocycles. The van der Waals surface area contributed by atoms with Crippen LogP contribution in [0.2, 0.25) is 0 Å². The third-order valence-corrected chi connectivity index (χ3v) is 3.17. The minimum atomic E-state index is -0.411. The Labute approximate surface area is 131 Å². The monoisotopic (exact) mass is 316 g/mol. The first kappa shape index (κ1) is 14.8. The quantitative estimate of drug-likeness (QED) is 0.903. The van der Waals surface area contributed by atoms with Crippen LogP contribution in [0.1, 0.15) is 10.4 Å². The Morgan fingerprint density at radius 2 is 1.78 bits per heavy atom. The fourth-order valence-electron chi connectivity index (χ4n) is 2.04. The lowest BCUT2D eigenvalue weighted by Crippen LogP contribution is -2.32. The summed E-state index contributed by atoms with van der Waals surface area (Å²) in [6.45, 7) is -0.0782. The number of hydrogen-bond acceptors (Lipinski definition) is 4. The van der Waals surface area contributed by atoms with Gasteiger partial charge in [-0.2, -0.15) is 0 Å². The Bertz CT molecular complexity index is 746. The molecule has 0 spiro atoms. The van der Waals surface area contributed by atoms with Crippen molar-refractivity contribution in [3.63, 3.8) is 0 Å². The Hall–Kier alpha value is -3.09. The molecule has 0 atom stereocenters. The van der Waals surface area contributed by atoms with Gasteiger partial charge in [-0.25, -0.2) is 4.39 Å². The smallest absolute Gasteiger partial charge is 0.251 e. The van der Waals surface area contributed by atoms with E-state index in [2.05, 4.69) is 10.6 Å². The van der Waals surface area contributed by atoms with Gasteiger partial charge in [0.1, 0.15) is 5.82 Å². The molecule has 118 valence electrons. The van der Waals surface area contributed by atoms with Crippen LogP contribution >= 0.6 is 0 Å². The van der Waals surface area contributed by atoms with Crippen LogP contribution in [-0.2, 0) is 4.79 Å². The maximum Gasteiger partial charge on any atom is 0.251 e. The number of amides is 2. The Kier molecular flexibility index (Phi) is 4.09. The van der Waals surface area contributed by atoms with Crippen LogP contribution in [0, 0.1) is 5.82 Å². The van der Waals surface area contributed by atoms with E-state index in [0.717, 1.165) is 0 Å². The van der Waals surface area contributed by atoms with Crippen LogP contribution in [0.25, 0.3) is 0 Å². The zero-order valence-electron chi connectivity index (χ0n) is 12.0. The molecule has 1 heterocycles. The van der Waals surface area contributed by atoms with Crippen LogP contribution in [-0.4, -0.2) is 25.2 Å². The highest BCUT2D eigenvalue weighted by atomic mass is 19.1. The molecule has 0 aromatic heterocycles. The first-order valence-corrected chi connectivity index (χ1v) is 6.85. The van der Waals surface area contributed by atoms with E-state index >= 15 is 0 Å². The van der Waals surface area contributed by atoms with Crippen LogP contribution in [0.15, 0.2) is 42.5 Å². The molecule has 0 saturated heterocycles. The lowest BCUT2D eigenvalue weighted by atomic mass is 10.2. The highest BCUT2D eigenvalue weighted by Gasteiger charge is 2.16. The maximum atomic E-state index is 12.8. The molecule has 6 nitrogen and oxygen atoms in total. The van der Waals surface area contributed by atoms with Crippen LogP contribution in [0.4, 0.5) is 10.1 Å². The molecule has 2 N–H and O–H groups in total. The van der Waals surface area contributed by atoms with Gasteiger partial charge in [-0.1, -0.05) is 0 Å². The zero-order valence-corrected chi connectivity index (χ0v) is 12.0. The van der Waals surface area contributed by atoms with Gasteiger partial charge in [-0.3, -0.25) is 9.59 Å². The predicted molar refractivity (Wildman–Crippen MR) is 79.9 cm³/mol. The van der Waals surface area contributed by atoms with Crippen molar-refractivity contribution in [2.75, 3.05) is 18.7 Å². The summed E-state index contributed by atoms with van der Waals surface area (Å²) in [5, 5.41) is 5.05. The number of halogens is 1. The summed E-state index contributed by atoms with van der Waals surface area (Å²) in [5.41, 5.74) is 0.817. The van der Waals surface area contributed by atoms with Crippen molar-refractivity contribution in [2.24, 2.45) is 0 Å².